The Labute approximate surface area is 153 Å². The normalized spacial score (nSPS) is 11.2. The molecule has 0 aliphatic rings. The maximum Gasteiger partial charge on any atom is 0.267 e. The van der Waals surface area contributed by atoms with Crippen molar-refractivity contribution in [2.45, 2.75) is 0 Å². The molecule has 0 spiro atoms. The number of nitriles is 1. The second-order valence-corrected chi connectivity index (χ2v) is 5.85. The highest BCUT2D eigenvalue weighted by atomic mass is 35.5. The van der Waals surface area contributed by atoms with Gasteiger partial charge >= 0.3 is 0 Å². The second kappa shape index (κ2) is 7.26. The van der Waals surface area contributed by atoms with E-state index in [0.29, 0.717) is 21.4 Å². The highest BCUT2D eigenvalue weighted by Crippen LogP contribution is 2.25. The molecule has 0 saturated heterocycles. The van der Waals surface area contributed by atoms with E-state index in [-0.39, 0.29) is 5.57 Å². The number of rotatable bonds is 4. The van der Waals surface area contributed by atoms with E-state index in [4.69, 9.17) is 23.2 Å². The third-order valence-corrected chi connectivity index (χ3v) is 4.08. The van der Waals surface area contributed by atoms with Gasteiger partial charge in [0.2, 0.25) is 0 Å². The summed E-state index contributed by atoms with van der Waals surface area (Å²) in [7, 11) is 0. The third kappa shape index (κ3) is 3.91. The van der Waals surface area contributed by atoms with Gasteiger partial charge < -0.3 is 15.6 Å². The van der Waals surface area contributed by atoms with Gasteiger partial charge in [0.25, 0.3) is 5.91 Å². The molecule has 0 aliphatic carbocycles. The number of carbonyl (C=O) groups excluding carboxylic acids is 1. The maximum atomic E-state index is 12.2. The lowest BCUT2D eigenvalue weighted by molar-refractivity contribution is -0.112. The molecule has 25 heavy (non-hydrogen) atoms. The molecule has 0 saturated carbocycles. The molecule has 124 valence electrons. The van der Waals surface area contributed by atoms with Crippen molar-refractivity contribution in [3.05, 3.63) is 64.5 Å². The quantitative estimate of drug-likeness (QED) is 0.469. The smallest absolute Gasteiger partial charge is 0.267 e. The molecule has 1 heterocycles. The van der Waals surface area contributed by atoms with Crippen molar-refractivity contribution in [1.29, 1.82) is 5.26 Å². The van der Waals surface area contributed by atoms with Gasteiger partial charge in [0.05, 0.1) is 27.4 Å². The topological polar surface area (TPSA) is 93.6 Å². The number of aromatic amines is 1. The molecule has 6 nitrogen and oxygen atoms in total. The molecule has 2 aromatic carbocycles. The lowest BCUT2D eigenvalue weighted by Crippen LogP contribution is -2.14. The van der Waals surface area contributed by atoms with E-state index in [2.05, 4.69) is 20.6 Å². The number of H-pyrrole nitrogens is 1. The van der Waals surface area contributed by atoms with Gasteiger partial charge in [0.15, 0.2) is 0 Å². The molecule has 3 rings (SSSR count). The number of imidazole rings is 1. The average Bonchev–Trinajstić information content (AvgIpc) is 3.06. The zero-order valence-corrected chi connectivity index (χ0v) is 14.2. The standard InChI is InChI=1S/C17H11Cl2N5O/c18-13-3-1-12(5-14(13)19)24-17(25)10(7-20)8-21-11-2-4-15-16(6-11)23-9-22-15/h1-6,8-9,21H,(H,22,23)(H,24,25)/b10-8-. The van der Waals surface area contributed by atoms with Crippen LogP contribution in [0.4, 0.5) is 11.4 Å². The summed E-state index contributed by atoms with van der Waals surface area (Å²) >= 11 is 11.7. The van der Waals surface area contributed by atoms with Gasteiger partial charge in [0, 0.05) is 17.6 Å². The summed E-state index contributed by atoms with van der Waals surface area (Å²) in [6, 6.07) is 12.0. The highest BCUT2D eigenvalue weighted by molar-refractivity contribution is 6.42. The minimum atomic E-state index is -0.559. The van der Waals surface area contributed by atoms with Gasteiger partial charge in [-0.3, -0.25) is 4.79 Å². The van der Waals surface area contributed by atoms with Crippen LogP contribution in [0.15, 0.2) is 54.5 Å². The number of fused-ring (bicyclic) bond motifs is 1. The summed E-state index contributed by atoms with van der Waals surface area (Å²) in [6.45, 7) is 0. The van der Waals surface area contributed by atoms with E-state index in [9.17, 15) is 10.1 Å². The average molecular weight is 372 g/mol. The van der Waals surface area contributed by atoms with Crippen LogP contribution in [0, 0.1) is 11.3 Å². The van der Waals surface area contributed by atoms with E-state index < -0.39 is 5.91 Å². The van der Waals surface area contributed by atoms with Crippen LogP contribution in [-0.2, 0) is 4.79 Å². The molecule has 0 bridgehead atoms. The van der Waals surface area contributed by atoms with Gasteiger partial charge in [0.1, 0.15) is 11.6 Å². The fourth-order valence-electron chi connectivity index (χ4n) is 2.10. The van der Waals surface area contributed by atoms with Crippen LogP contribution in [0.1, 0.15) is 0 Å². The van der Waals surface area contributed by atoms with Crippen molar-refractivity contribution >= 4 is 51.5 Å². The van der Waals surface area contributed by atoms with E-state index in [1.165, 1.54) is 12.3 Å². The summed E-state index contributed by atoms with van der Waals surface area (Å²) in [4.78, 5) is 19.3. The largest absolute Gasteiger partial charge is 0.360 e. The Hall–Kier alpha value is -3.01. The molecule has 1 amide bonds. The summed E-state index contributed by atoms with van der Waals surface area (Å²) in [5.74, 6) is -0.559. The van der Waals surface area contributed by atoms with Crippen molar-refractivity contribution in [3.8, 4) is 6.07 Å². The fraction of sp³-hybridized carbons (Fsp3) is 0. The monoisotopic (exact) mass is 371 g/mol. The summed E-state index contributed by atoms with van der Waals surface area (Å²) in [5, 5.41) is 15.4. The van der Waals surface area contributed by atoms with E-state index in [1.807, 2.05) is 18.2 Å². The van der Waals surface area contributed by atoms with Crippen LogP contribution < -0.4 is 10.6 Å². The van der Waals surface area contributed by atoms with Crippen LogP contribution in [0.3, 0.4) is 0 Å². The fourth-order valence-corrected chi connectivity index (χ4v) is 2.40. The molecule has 0 aliphatic heterocycles. The molecular weight excluding hydrogens is 361 g/mol. The van der Waals surface area contributed by atoms with Gasteiger partial charge in [-0.2, -0.15) is 5.26 Å². The van der Waals surface area contributed by atoms with E-state index in [1.54, 1.807) is 24.5 Å². The van der Waals surface area contributed by atoms with E-state index >= 15 is 0 Å². The zero-order valence-electron chi connectivity index (χ0n) is 12.7. The van der Waals surface area contributed by atoms with Crippen molar-refractivity contribution in [2.24, 2.45) is 0 Å². The van der Waals surface area contributed by atoms with Crippen LogP contribution in [0.25, 0.3) is 11.0 Å². The summed E-state index contributed by atoms with van der Waals surface area (Å²) in [5.41, 5.74) is 2.74. The SMILES string of the molecule is N#C/C(=C/Nc1ccc2nc[nH]c2c1)C(=O)Nc1ccc(Cl)c(Cl)c1. The van der Waals surface area contributed by atoms with E-state index in [0.717, 1.165) is 11.0 Å². The number of anilines is 2. The number of amides is 1. The Morgan fingerprint density at radius 3 is 2.72 bits per heavy atom. The third-order valence-electron chi connectivity index (χ3n) is 3.35. The first-order valence-electron chi connectivity index (χ1n) is 7.13. The van der Waals surface area contributed by atoms with Crippen LogP contribution >= 0.6 is 23.2 Å². The number of nitrogens with zero attached hydrogens (tertiary/aromatic N) is 2. The Balaban J connectivity index is 1.73. The highest BCUT2D eigenvalue weighted by Gasteiger charge is 2.10. The maximum absolute atomic E-state index is 12.2. The molecule has 0 unspecified atom stereocenters. The zero-order chi connectivity index (χ0) is 17.8. The van der Waals surface area contributed by atoms with Gasteiger partial charge in [-0.1, -0.05) is 23.2 Å². The molecule has 0 atom stereocenters. The Morgan fingerprint density at radius 2 is 1.96 bits per heavy atom. The Bertz CT molecular complexity index is 1020. The lowest BCUT2D eigenvalue weighted by Gasteiger charge is -2.06. The van der Waals surface area contributed by atoms with Gasteiger partial charge in [-0.15, -0.1) is 0 Å². The molecule has 0 fully saturated rings. The first-order chi connectivity index (χ1) is 12.1. The number of nitrogens with one attached hydrogen (secondary N) is 3. The number of carbonyl (C=O) groups is 1. The van der Waals surface area contributed by atoms with Crippen molar-refractivity contribution < 1.29 is 4.79 Å². The van der Waals surface area contributed by atoms with Crippen molar-refractivity contribution in [3.63, 3.8) is 0 Å². The molecule has 1 aromatic heterocycles. The van der Waals surface area contributed by atoms with Crippen molar-refractivity contribution in [1.82, 2.24) is 9.97 Å². The van der Waals surface area contributed by atoms with Crippen LogP contribution in [-0.4, -0.2) is 15.9 Å². The number of benzene rings is 2. The lowest BCUT2D eigenvalue weighted by atomic mass is 10.2. The number of hydrogen-bond donors (Lipinski definition) is 3. The van der Waals surface area contributed by atoms with Crippen LogP contribution in [0.5, 0.6) is 0 Å². The molecular formula is C17H11Cl2N5O. The summed E-state index contributed by atoms with van der Waals surface area (Å²) in [6.07, 6.45) is 2.93. The molecule has 3 aromatic rings. The Morgan fingerprint density at radius 1 is 1.16 bits per heavy atom. The second-order valence-electron chi connectivity index (χ2n) is 5.03. The number of hydrogen-bond acceptors (Lipinski definition) is 4. The first kappa shape index (κ1) is 16.8. The minimum Gasteiger partial charge on any atom is -0.360 e. The van der Waals surface area contributed by atoms with Gasteiger partial charge in [-0.05, 0) is 36.4 Å². The van der Waals surface area contributed by atoms with Crippen molar-refractivity contribution in [2.75, 3.05) is 10.6 Å². The van der Waals surface area contributed by atoms with Gasteiger partial charge in [-0.25, -0.2) is 4.98 Å². The summed E-state index contributed by atoms with van der Waals surface area (Å²) < 4.78 is 0. The molecule has 8 heteroatoms. The number of halogens is 2. The first-order valence-corrected chi connectivity index (χ1v) is 7.89. The predicted molar refractivity (Wildman–Crippen MR) is 98.5 cm³/mol. The molecule has 3 N–H and O–H groups in total. The minimum absolute atomic E-state index is 0.0872. The number of aromatic nitrogens is 2. The molecule has 0 radical (unpaired) electrons. The predicted octanol–water partition coefficient (Wildman–Crippen LogP) is 4.33. The Kier molecular flexibility index (Phi) is 4.89. The van der Waals surface area contributed by atoms with Crippen LogP contribution in [0.2, 0.25) is 10.0 Å².